The maximum atomic E-state index is 12.7. The first kappa shape index (κ1) is 18.6. The number of nitrogens with one attached hydrogen (secondary N) is 1. The van der Waals surface area contributed by atoms with Gasteiger partial charge in [-0.2, -0.15) is 19.9 Å². The lowest BCUT2D eigenvalue weighted by molar-refractivity contribution is 0.302. The molecule has 1 N–H and O–H groups in total. The SMILES string of the molecule is CC(C)N(C(C)C)S(=O)(=O)c1ccc(NN=C(C#N)C#N)cc1. The minimum atomic E-state index is -3.59. The van der Waals surface area contributed by atoms with Crippen LogP contribution in [0.25, 0.3) is 0 Å². The van der Waals surface area contributed by atoms with Gasteiger partial charge in [0.05, 0.1) is 10.6 Å². The molecular weight excluding hydrogens is 314 g/mol. The molecule has 0 saturated carbocycles. The van der Waals surface area contributed by atoms with Crippen molar-refractivity contribution in [3.63, 3.8) is 0 Å². The maximum absolute atomic E-state index is 12.7. The predicted octanol–water partition coefficient (Wildman–Crippen LogP) is 2.31. The van der Waals surface area contributed by atoms with Crippen molar-refractivity contribution in [2.45, 2.75) is 44.7 Å². The van der Waals surface area contributed by atoms with Crippen LogP contribution in [0, 0.1) is 22.7 Å². The van der Waals surface area contributed by atoms with Crippen LogP contribution in [0.4, 0.5) is 5.69 Å². The second-order valence-corrected chi connectivity index (χ2v) is 7.19. The van der Waals surface area contributed by atoms with E-state index in [0.29, 0.717) is 5.69 Å². The number of nitrogens with zero attached hydrogens (tertiary/aromatic N) is 4. The monoisotopic (exact) mass is 333 g/mol. The van der Waals surface area contributed by atoms with Gasteiger partial charge in [-0.05, 0) is 52.0 Å². The van der Waals surface area contributed by atoms with E-state index in [1.165, 1.54) is 28.6 Å². The minimum absolute atomic E-state index is 0.156. The minimum Gasteiger partial charge on any atom is -0.277 e. The summed E-state index contributed by atoms with van der Waals surface area (Å²) in [4.78, 5) is 0.176. The number of nitriles is 2. The first-order chi connectivity index (χ1) is 10.7. The van der Waals surface area contributed by atoms with Crippen molar-refractivity contribution in [2.75, 3.05) is 5.43 Å². The maximum Gasteiger partial charge on any atom is 0.243 e. The number of rotatable bonds is 6. The Morgan fingerprint density at radius 3 is 1.96 bits per heavy atom. The van der Waals surface area contributed by atoms with Gasteiger partial charge in [-0.25, -0.2) is 8.42 Å². The standard InChI is InChI=1S/C15H19N5O2S/c1-11(2)20(12(3)4)23(21,22)15-7-5-13(6-8-15)18-19-14(9-16)10-17/h5-8,11-12,18H,1-4H3. The Labute approximate surface area is 136 Å². The predicted molar refractivity (Wildman–Crippen MR) is 88.0 cm³/mol. The van der Waals surface area contributed by atoms with Crippen LogP contribution in [0.3, 0.4) is 0 Å². The zero-order chi connectivity index (χ0) is 17.6. The first-order valence-electron chi connectivity index (χ1n) is 7.01. The average Bonchev–Trinajstić information content (AvgIpc) is 2.47. The fourth-order valence-corrected chi connectivity index (χ4v) is 4.00. The number of hydrogen-bond acceptors (Lipinski definition) is 6. The van der Waals surface area contributed by atoms with Gasteiger partial charge in [-0.1, -0.05) is 0 Å². The number of benzene rings is 1. The van der Waals surface area contributed by atoms with E-state index >= 15 is 0 Å². The van der Waals surface area contributed by atoms with Crippen LogP contribution in [-0.4, -0.2) is 30.5 Å². The van der Waals surface area contributed by atoms with Gasteiger partial charge < -0.3 is 0 Å². The molecule has 0 heterocycles. The molecule has 0 aromatic heterocycles. The summed E-state index contributed by atoms with van der Waals surface area (Å²) < 4.78 is 26.8. The van der Waals surface area contributed by atoms with Gasteiger partial charge in [0, 0.05) is 12.1 Å². The van der Waals surface area contributed by atoms with Crippen LogP contribution in [0.1, 0.15) is 27.7 Å². The number of anilines is 1. The largest absolute Gasteiger partial charge is 0.277 e. The van der Waals surface area contributed by atoms with E-state index in [-0.39, 0.29) is 22.7 Å². The molecule has 122 valence electrons. The van der Waals surface area contributed by atoms with Gasteiger partial charge in [-0.15, -0.1) is 0 Å². The Hall–Kier alpha value is -2.42. The van der Waals surface area contributed by atoms with E-state index in [0.717, 1.165) is 0 Å². The summed E-state index contributed by atoms with van der Waals surface area (Å²) in [7, 11) is -3.59. The molecule has 7 nitrogen and oxygen atoms in total. The van der Waals surface area contributed by atoms with Crippen LogP contribution in [0.5, 0.6) is 0 Å². The summed E-state index contributed by atoms with van der Waals surface area (Å²) in [6.07, 6.45) is 0. The zero-order valence-electron chi connectivity index (χ0n) is 13.5. The molecule has 8 heteroatoms. The second-order valence-electron chi connectivity index (χ2n) is 5.34. The third-order valence-electron chi connectivity index (χ3n) is 2.96. The van der Waals surface area contributed by atoms with E-state index in [1.807, 2.05) is 27.7 Å². The van der Waals surface area contributed by atoms with Crippen molar-refractivity contribution < 1.29 is 8.42 Å². The van der Waals surface area contributed by atoms with Gasteiger partial charge in [0.2, 0.25) is 15.7 Å². The number of hydrogen-bond donors (Lipinski definition) is 1. The molecule has 0 atom stereocenters. The number of hydrazone groups is 1. The molecule has 0 fully saturated rings. The smallest absolute Gasteiger partial charge is 0.243 e. The Morgan fingerprint density at radius 2 is 1.57 bits per heavy atom. The molecule has 0 aliphatic heterocycles. The van der Waals surface area contributed by atoms with E-state index < -0.39 is 10.0 Å². The zero-order valence-corrected chi connectivity index (χ0v) is 14.3. The molecular formula is C15H19N5O2S. The Kier molecular flexibility index (Phi) is 6.26. The van der Waals surface area contributed by atoms with Crippen molar-refractivity contribution >= 4 is 21.4 Å². The molecule has 0 aliphatic rings. The van der Waals surface area contributed by atoms with Crippen molar-refractivity contribution in [1.82, 2.24) is 4.31 Å². The fourth-order valence-electron chi connectivity index (χ4n) is 2.17. The summed E-state index contributed by atoms with van der Waals surface area (Å²) in [5.74, 6) is 0. The number of sulfonamides is 1. The molecule has 0 radical (unpaired) electrons. The molecule has 0 bridgehead atoms. The third kappa shape index (κ3) is 4.52. The van der Waals surface area contributed by atoms with Crippen LogP contribution >= 0.6 is 0 Å². The van der Waals surface area contributed by atoms with Crippen molar-refractivity contribution in [3.8, 4) is 12.1 Å². The van der Waals surface area contributed by atoms with E-state index in [4.69, 9.17) is 10.5 Å². The van der Waals surface area contributed by atoms with Gasteiger partial charge >= 0.3 is 0 Å². The van der Waals surface area contributed by atoms with E-state index in [1.54, 1.807) is 12.1 Å². The molecule has 1 rings (SSSR count). The van der Waals surface area contributed by atoms with Crippen molar-refractivity contribution in [2.24, 2.45) is 5.10 Å². The van der Waals surface area contributed by atoms with Crippen LogP contribution in [-0.2, 0) is 10.0 Å². The average molecular weight is 333 g/mol. The summed E-state index contributed by atoms with van der Waals surface area (Å²) in [5, 5.41) is 20.8. The Morgan fingerprint density at radius 1 is 1.09 bits per heavy atom. The lowest BCUT2D eigenvalue weighted by Gasteiger charge is -2.29. The molecule has 0 amide bonds. The second kappa shape index (κ2) is 7.73. The molecule has 0 saturated heterocycles. The van der Waals surface area contributed by atoms with Crippen LogP contribution < -0.4 is 5.43 Å². The highest BCUT2D eigenvalue weighted by Gasteiger charge is 2.29. The Bertz CT molecular complexity index is 729. The highest BCUT2D eigenvalue weighted by molar-refractivity contribution is 7.89. The normalized spacial score (nSPS) is 11.2. The molecule has 23 heavy (non-hydrogen) atoms. The third-order valence-corrected chi connectivity index (χ3v) is 5.22. The van der Waals surface area contributed by atoms with Gasteiger partial charge in [0.25, 0.3) is 0 Å². The van der Waals surface area contributed by atoms with Gasteiger partial charge in [0.1, 0.15) is 12.1 Å². The fraction of sp³-hybridized carbons (Fsp3) is 0.400. The lowest BCUT2D eigenvalue weighted by atomic mass is 10.3. The van der Waals surface area contributed by atoms with Gasteiger partial charge in [0.15, 0.2) is 0 Å². The van der Waals surface area contributed by atoms with Crippen LogP contribution in [0.15, 0.2) is 34.3 Å². The summed E-state index contributed by atoms with van der Waals surface area (Å²) in [6, 6.07) is 8.91. The van der Waals surface area contributed by atoms with Crippen molar-refractivity contribution in [1.29, 1.82) is 10.5 Å². The highest BCUT2D eigenvalue weighted by Crippen LogP contribution is 2.22. The summed E-state index contributed by atoms with van der Waals surface area (Å²) >= 11 is 0. The molecule has 0 spiro atoms. The van der Waals surface area contributed by atoms with Crippen molar-refractivity contribution in [3.05, 3.63) is 24.3 Å². The van der Waals surface area contributed by atoms with E-state index in [2.05, 4.69) is 10.5 Å². The Balaban J connectivity index is 3.07. The topological polar surface area (TPSA) is 109 Å². The van der Waals surface area contributed by atoms with Gasteiger partial charge in [-0.3, -0.25) is 5.43 Å². The van der Waals surface area contributed by atoms with Crippen LogP contribution in [0.2, 0.25) is 0 Å². The lowest BCUT2D eigenvalue weighted by Crippen LogP contribution is -2.41. The van der Waals surface area contributed by atoms with E-state index in [9.17, 15) is 8.42 Å². The molecule has 0 aliphatic carbocycles. The molecule has 0 unspecified atom stereocenters. The first-order valence-corrected chi connectivity index (χ1v) is 8.45. The molecule has 1 aromatic carbocycles. The quantitative estimate of drug-likeness (QED) is 0.634. The highest BCUT2D eigenvalue weighted by atomic mass is 32.2. The summed E-state index contributed by atoms with van der Waals surface area (Å²) in [5.41, 5.74) is 2.70. The molecule has 1 aromatic rings. The summed E-state index contributed by atoms with van der Waals surface area (Å²) in [6.45, 7) is 7.31.